The van der Waals surface area contributed by atoms with Crippen LogP contribution < -0.4 is 4.74 Å². The van der Waals surface area contributed by atoms with E-state index in [0.29, 0.717) is 11.5 Å². The number of nitro groups is 1. The molecule has 0 fully saturated rings. The Morgan fingerprint density at radius 1 is 1.04 bits per heavy atom. The minimum atomic E-state index is -0.447. The highest BCUT2D eigenvalue weighted by atomic mass is 32.1. The highest BCUT2D eigenvalue weighted by Crippen LogP contribution is 2.39. The highest BCUT2D eigenvalue weighted by molar-refractivity contribution is 7.22. The third-order valence-electron chi connectivity index (χ3n) is 3.80. The molecule has 0 saturated carbocycles. The maximum Gasteiger partial charge on any atom is 0.269 e. The zero-order valence-corrected chi connectivity index (χ0v) is 14.1. The van der Waals surface area contributed by atoms with E-state index < -0.39 is 4.92 Å². The van der Waals surface area contributed by atoms with Gasteiger partial charge in [0.15, 0.2) is 0 Å². The smallest absolute Gasteiger partial charge is 0.269 e. The molecule has 1 N–H and O–H groups in total. The Hall–Kier alpha value is -3.45. The number of hydrogen-bond donors (Lipinski definition) is 1. The number of rotatable bonds is 4. The van der Waals surface area contributed by atoms with Crippen molar-refractivity contribution in [3.8, 4) is 27.7 Å². The number of non-ortho nitro benzene ring substituents is 1. The van der Waals surface area contributed by atoms with E-state index in [1.54, 1.807) is 36.5 Å². The van der Waals surface area contributed by atoms with Crippen LogP contribution in [0.15, 0.2) is 66.9 Å². The van der Waals surface area contributed by atoms with Gasteiger partial charge in [0, 0.05) is 29.3 Å². The van der Waals surface area contributed by atoms with Crippen molar-refractivity contribution < 1.29 is 14.8 Å². The van der Waals surface area contributed by atoms with Crippen molar-refractivity contribution in [2.45, 2.75) is 0 Å². The van der Waals surface area contributed by atoms with Gasteiger partial charge >= 0.3 is 0 Å². The van der Waals surface area contributed by atoms with Crippen molar-refractivity contribution in [2.24, 2.45) is 0 Å². The molecule has 2 aromatic carbocycles. The summed E-state index contributed by atoms with van der Waals surface area (Å²) >= 11 is 1.53. The predicted octanol–water partition coefficient (Wildman–Crippen LogP) is 5.37. The van der Waals surface area contributed by atoms with E-state index in [9.17, 15) is 15.2 Å². The number of thiophene rings is 1. The summed E-state index contributed by atoms with van der Waals surface area (Å²) in [5.41, 5.74) is 1.80. The molecule has 2 heterocycles. The number of hydrogen-bond acceptors (Lipinski definition) is 6. The average Bonchev–Trinajstić information content (AvgIpc) is 3.08. The molecule has 0 spiro atoms. The largest absolute Gasteiger partial charge is 0.508 e. The van der Waals surface area contributed by atoms with Crippen LogP contribution in [-0.2, 0) is 0 Å². The lowest BCUT2D eigenvalue weighted by Crippen LogP contribution is -1.88. The summed E-state index contributed by atoms with van der Waals surface area (Å²) in [6.07, 6.45) is 1.66. The topological polar surface area (TPSA) is 85.5 Å². The van der Waals surface area contributed by atoms with Crippen molar-refractivity contribution in [3.05, 3.63) is 77.0 Å². The van der Waals surface area contributed by atoms with Gasteiger partial charge in [0.05, 0.1) is 15.1 Å². The van der Waals surface area contributed by atoms with Gasteiger partial charge in [0.2, 0.25) is 0 Å². The van der Waals surface area contributed by atoms with E-state index in [4.69, 9.17) is 4.74 Å². The van der Waals surface area contributed by atoms with Crippen LogP contribution >= 0.6 is 11.3 Å². The van der Waals surface area contributed by atoms with E-state index in [0.717, 1.165) is 20.7 Å². The monoisotopic (exact) mass is 364 g/mol. The van der Waals surface area contributed by atoms with E-state index in [1.807, 2.05) is 18.2 Å². The fourth-order valence-corrected chi connectivity index (χ4v) is 3.60. The molecule has 0 bridgehead atoms. The molecule has 4 rings (SSSR count). The highest BCUT2D eigenvalue weighted by Gasteiger charge is 2.12. The number of nitro benzene ring substituents is 1. The van der Waals surface area contributed by atoms with Crippen LogP contribution in [0.1, 0.15) is 0 Å². The number of pyridine rings is 1. The molecule has 0 amide bonds. The van der Waals surface area contributed by atoms with Gasteiger partial charge in [-0.3, -0.25) is 15.1 Å². The van der Waals surface area contributed by atoms with Crippen molar-refractivity contribution in [3.63, 3.8) is 0 Å². The van der Waals surface area contributed by atoms with E-state index in [1.165, 1.54) is 23.5 Å². The number of phenols is 1. The Balaban J connectivity index is 1.69. The van der Waals surface area contributed by atoms with Crippen LogP contribution in [0.2, 0.25) is 0 Å². The Morgan fingerprint density at radius 2 is 1.77 bits per heavy atom. The van der Waals surface area contributed by atoms with E-state index in [-0.39, 0.29) is 11.4 Å². The number of aromatic hydroxyl groups is 1. The second-order valence-electron chi connectivity index (χ2n) is 5.53. The first kappa shape index (κ1) is 16.0. The van der Waals surface area contributed by atoms with Crippen molar-refractivity contribution in [1.29, 1.82) is 0 Å². The lowest BCUT2D eigenvalue weighted by molar-refractivity contribution is -0.384. The molecular formula is C19H12N2O4S. The van der Waals surface area contributed by atoms with Crippen LogP contribution in [0.4, 0.5) is 5.69 Å². The minimum absolute atomic E-state index is 0.0166. The third kappa shape index (κ3) is 3.07. The summed E-state index contributed by atoms with van der Waals surface area (Å²) < 4.78 is 6.79. The normalized spacial score (nSPS) is 10.8. The fraction of sp³-hybridized carbons (Fsp3) is 0. The third-order valence-corrected chi connectivity index (χ3v) is 4.99. The van der Waals surface area contributed by atoms with Crippen molar-refractivity contribution in [1.82, 2.24) is 4.98 Å². The second kappa shape index (κ2) is 6.45. The van der Waals surface area contributed by atoms with Gasteiger partial charge in [-0.25, -0.2) is 0 Å². The Bertz CT molecular complexity index is 1090. The minimum Gasteiger partial charge on any atom is -0.508 e. The molecule has 0 unspecified atom stereocenters. The summed E-state index contributed by atoms with van der Waals surface area (Å²) in [5.74, 6) is 1.37. The number of benzene rings is 2. The molecule has 0 aliphatic carbocycles. The molecule has 128 valence electrons. The van der Waals surface area contributed by atoms with Gasteiger partial charge < -0.3 is 9.84 Å². The summed E-state index contributed by atoms with van der Waals surface area (Å²) in [6, 6.07) is 16.7. The molecule has 0 aliphatic heterocycles. The maximum absolute atomic E-state index is 10.7. The average molecular weight is 364 g/mol. The molecule has 0 atom stereocenters. The van der Waals surface area contributed by atoms with Crippen LogP contribution in [0.3, 0.4) is 0 Å². The molecule has 4 aromatic rings. The Labute approximate surface area is 152 Å². The molecule has 0 saturated heterocycles. The first-order valence-electron chi connectivity index (χ1n) is 7.70. The number of ether oxygens (including phenoxy) is 1. The Morgan fingerprint density at radius 3 is 2.46 bits per heavy atom. The lowest BCUT2D eigenvalue weighted by Gasteiger charge is -2.06. The standard InChI is InChI=1S/C19H12N2O4S/c22-14-5-1-12(2-6-14)18-11-16-19(26-18)17(9-10-20-16)25-15-7-3-13(4-8-15)21(23)24/h1-11,22H. The summed E-state index contributed by atoms with van der Waals surface area (Å²) in [4.78, 5) is 15.7. The molecule has 26 heavy (non-hydrogen) atoms. The number of fused-ring (bicyclic) bond motifs is 1. The molecule has 6 nitrogen and oxygen atoms in total. The van der Waals surface area contributed by atoms with Crippen LogP contribution in [0.25, 0.3) is 20.7 Å². The van der Waals surface area contributed by atoms with Crippen molar-refractivity contribution in [2.75, 3.05) is 0 Å². The van der Waals surface area contributed by atoms with Gasteiger partial charge in [0.25, 0.3) is 5.69 Å². The van der Waals surface area contributed by atoms with Gasteiger partial charge in [-0.2, -0.15) is 0 Å². The van der Waals surface area contributed by atoms with Gasteiger partial charge in [-0.15, -0.1) is 11.3 Å². The summed E-state index contributed by atoms with van der Waals surface area (Å²) in [5, 5.41) is 20.2. The van der Waals surface area contributed by atoms with Crippen LogP contribution in [0.5, 0.6) is 17.2 Å². The van der Waals surface area contributed by atoms with Gasteiger partial charge in [-0.1, -0.05) is 0 Å². The van der Waals surface area contributed by atoms with E-state index >= 15 is 0 Å². The fourth-order valence-electron chi connectivity index (χ4n) is 2.53. The summed E-state index contributed by atoms with van der Waals surface area (Å²) in [6.45, 7) is 0. The van der Waals surface area contributed by atoms with Gasteiger partial charge in [0.1, 0.15) is 17.2 Å². The van der Waals surface area contributed by atoms with Crippen molar-refractivity contribution >= 4 is 27.2 Å². The predicted molar refractivity (Wildman–Crippen MR) is 99.9 cm³/mol. The number of nitrogens with zero attached hydrogens (tertiary/aromatic N) is 2. The van der Waals surface area contributed by atoms with Crippen LogP contribution in [0, 0.1) is 10.1 Å². The van der Waals surface area contributed by atoms with Crippen LogP contribution in [-0.4, -0.2) is 15.0 Å². The number of aromatic nitrogens is 1. The zero-order chi connectivity index (χ0) is 18.1. The number of phenolic OH excluding ortho intramolecular Hbond substituents is 1. The Kier molecular flexibility index (Phi) is 3.98. The molecule has 0 aliphatic rings. The second-order valence-corrected chi connectivity index (χ2v) is 6.59. The first-order valence-corrected chi connectivity index (χ1v) is 8.52. The SMILES string of the molecule is O=[N+]([O-])c1ccc(Oc2ccnc3cc(-c4ccc(O)cc4)sc23)cc1. The maximum atomic E-state index is 10.7. The van der Waals surface area contributed by atoms with E-state index in [2.05, 4.69) is 4.98 Å². The molecular weight excluding hydrogens is 352 g/mol. The molecule has 2 aromatic heterocycles. The lowest BCUT2D eigenvalue weighted by atomic mass is 10.2. The first-order chi connectivity index (χ1) is 12.6. The quantitative estimate of drug-likeness (QED) is 0.389. The van der Waals surface area contributed by atoms with Gasteiger partial charge in [-0.05, 0) is 48.0 Å². The molecule has 7 heteroatoms. The molecule has 0 radical (unpaired) electrons. The zero-order valence-electron chi connectivity index (χ0n) is 13.3. The summed E-state index contributed by atoms with van der Waals surface area (Å²) in [7, 11) is 0.